The molecule has 1 rings (SSSR count). The molecule has 0 spiro atoms. The van der Waals surface area contributed by atoms with E-state index in [1.54, 1.807) is 0 Å². The Labute approximate surface area is 93.7 Å². The third-order valence-corrected chi connectivity index (χ3v) is 2.70. The number of hydrogen-bond donors (Lipinski definition) is 3. The van der Waals surface area contributed by atoms with Crippen LogP contribution in [0, 0.1) is 11.6 Å². The normalized spacial score (nSPS) is 15.1. The summed E-state index contributed by atoms with van der Waals surface area (Å²) in [7, 11) is 0. The average Bonchev–Trinajstić information content (AvgIpc) is 2.14. The number of nitrogens with two attached hydrogens (primary N) is 1. The fourth-order valence-corrected chi connectivity index (χ4v) is 1.47. The Morgan fingerprint density at radius 3 is 2.47 bits per heavy atom. The van der Waals surface area contributed by atoms with Gasteiger partial charge in [-0.1, -0.05) is 0 Å². The number of benzene rings is 1. The van der Waals surface area contributed by atoms with Crippen LogP contribution in [0.1, 0.15) is 18.6 Å². The summed E-state index contributed by atoms with van der Waals surface area (Å²) in [5.74, 6) is -2.64. The van der Waals surface area contributed by atoms with E-state index in [4.69, 9.17) is 5.73 Å². The van der Waals surface area contributed by atoms with Crippen LogP contribution < -0.4 is 5.73 Å². The van der Waals surface area contributed by atoms with Gasteiger partial charge >= 0.3 is 0 Å². The second-order valence-corrected chi connectivity index (χ2v) is 4.02. The van der Waals surface area contributed by atoms with Crippen LogP contribution >= 0.6 is 15.9 Å². The highest BCUT2D eigenvalue weighted by Crippen LogP contribution is 2.34. The number of phenolic OH excluding ortho intramolecular Hbond substituents is 1. The van der Waals surface area contributed by atoms with Gasteiger partial charge in [0, 0.05) is 12.1 Å². The number of rotatable bonds is 2. The summed E-state index contributed by atoms with van der Waals surface area (Å²) < 4.78 is 26.0. The first-order valence-corrected chi connectivity index (χ1v) is 4.95. The molecule has 0 aromatic heterocycles. The van der Waals surface area contributed by atoms with E-state index in [0.29, 0.717) is 6.07 Å². The number of phenols is 1. The molecule has 2 unspecified atom stereocenters. The van der Waals surface area contributed by atoms with E-state index >= 15 is 0 Å². The van der Waals surface area contributed by atoms with Gasteiger partial charge in [0.15, 0.2) is 0 Å². The second-order valence-electron chi connectivity index (χ2n) is 3.22. The van der Waals surface area contributed by atoms with Crippen molar-refractivity contribution >= 4 is 15.9 Å². The largest absolute Gasteiger partial charge is 0.507 e. The molecule has 0 bridgehead atoms. The number of aromatic hydroxyl groups is 1. The lowest BCUT2D eigenvalue weighted by atomic mass is 10.0. The molecular weight excluding hydrogens is 272 g/mol. The first-order valence-electron chi connectivity index (χ1n) is 4.16. The third-order valence-electron chi connectivity index (χ3n) is 1.97. The number of aliphatic hydroxyl groups excluding tert-OH is 1. The van der Waals surface area contributed by atoms with Crippen molar-refractivity contribution in [2.24, 2.45) is 5.73 Å². The highest BCUT2D eigenvalue weighted by Gasteiger charge is 2.24. The van der Waals surface area contributed by atoms with Gasteiger partial charge in [0.05, 0.1) is 10.0 Å². The van der Waals surface area contributed by atoms with Crippen LogP contribution in [-0.2, 0) is 0 Å². The zero-order valence-electron chi connectivity index (χ0n) is 7.84. The van der Waals surface area contributed by atoms with E-state index in [1.807, 2.05) is 0 Å². The Morgan fingerprint density at radius 1 is 1.47 bits per heavy atom. The van der Waals surface area contributed by atoms with Gasteiger partial charge in [-0.2, -0.15) is 0 Å². The standard InChI is InChI=1S/C9H10BrF2NO2/c1-3(13)9(15)6-5(14)2-4(11)7(10)8(6)12/h2-3,9,14-15H,13H2,1H3. The molecule has 6 heteroatoms. The molecule has 1 aromatic carbocycles. The van der Waals surface area contributed by atoms with Crippen molar-refractivity contribution in [2.75, 3.05) is 0 Å². The van der Waals surface area contributed by atoms with Crippen molar-refractivity contribution < 1.29 is 19.0 Å². The fourth-order valence-electron chi connectivity index (χ4n) is 1.14. The first kappa shape index (κ1) is 12.4. The van der Waals surface area contributed by atoms with Gasteiger partial charge in [-0.05, 0) is 22.9 Å². The lowest BCUT2D eigenvalue weighted by molar-refractivity contribution is 0.145. The first-order chi connectivity index (χ1) is 6.86. The highest BCUT2D eigenvalue weighted by atomic mass is 79.9. The molecule has 0 saturated heterocycles. The molecule has 0 aliphatic carbocycles. The zero-order valence-corrected chi connectivity index (χ0v) is 9.42. The average molecular weight is 282 g/mol. The van der Waals surface area contributed by atoms with E-state index in [2.05, 4.69) is 15.9 Å². The molecule has 0 fully saturated rings. The second kappa shape index (κ2) is 4.42. The maximum Gasteiger partial charge on any atom is 0.149 e. The highest BCUT2D eigenvalue weighted by molar-refractivity contribution is 9.10. The summed E-state index contributed by atoms with van der Waals surface area (Å²) in [6.07, 6.45) is -1.39. The van der Waals surface area contributed by atoms with Crippen LogP contribution in [0.25, 0.3) is 0 Å². The molecule has 1 aromatic rings. The number of halogens is 3. The van der Waals surface area contributed by atoms with Gasteiger partial charge < -0.3 is 15.9 Å². The van der Waals surface area contributed by atoms with Crippen molar-refractivity contribution in [3.63, 3.8) is 0 Å². The molecule has 4 N–H and O–H groups in total. The van der Waals surface area contributed by atoms with E-state index < -0.39 is 39.6 Å². The van der Waals surface area contributed by atoms with E-state index in [9.17, 15) is 19.0 Å². The van der Waals surface area contributed by atoms with Crippen molar-refractivity contribution in [1.29, 1.82) is 0 Å². The van der Waals surface area contributed by atoms with Gasteiger partial charge in [-0.15, -0.1) is 0 Å². The predicted octanol–water partition coefficient (Wildman–Crippen LogP) is 1.81. The SMILES string of the molecule is CC(N)C(O)c1c(O)cc(F)c(Br)c1F. The summed E-state index contributed by atoms with van der Waals surface area (Å²) >= 11 is 2.67. The molecule has 0 aliphatic rings. The molecule has 84 valence electrons. The molecule has 15 heavy (non-hydrogen) atoms. The van der Waals surface area contributed by atoms with Crippen molar-refractivity contribution in [3.05, 3.63) is 27.7 Å². The minimum atomic E-state index is -1.39. The zero-order chi connectivity index (χ0) is 11.7. The van der Waals surface area contributed by atoms with Crippen LogP contribution in [0.4, 0.5) is 8.78 Å². The van der Waals surface area contributed by atoms with Crippen molar-refractivity contribution in [2.45, 2.75) is 19.1 Å². The number of hydrogen-bond acceptors (Lipinski definition) is 3. The Morgan fingerprint density at radius 2 is 2.00 bits per heavy atom. The summed E-state index contributed by atoms with van der Waals surface area (Å²) in [6.45, 7) is 1.45. The maximum atomic E-state index is 13.5. The Hall–Kier alpha value is -0.720. The summed E-state index contributed by atoms with van der Waals surface area (Å²) in [6, 6.07) is -0.0589. The Balaban J connectivity index is 3.36. The van der Waals surface area contributed by atoms with Crippen LogP contribution in [0.5, 0.6) is 5.75 Å². The van der Waals surface area contributed by atoms with Crippen molar-refractivity contribution in [1.82, 2.24) is 0 Å². The Kier molecular flexibility index (Phi) is 3.64. The Bertz CT molecular complexity index is 385. The van der Waals surface area contributed by atoms with Crippen LogP contribution in [0.3, 0.4) is 0 Å². The van der Waals surface area contributed by atoms with Gasteiger partial charge in [0.1, 0.15) is 23.5 Å². The van der Waals surface area contributed by atoms with Crippen LogP contribution in [-0.4, -0.2) is 16.3 Å². The van der Waals surface area contributed by atoms with Crippen molar-refractivity contribution in [3.8, 4) is 5.75 Å². The number of aliphatic hydroxyl groups is 1. The van der Waals surface area contributed by atoms with E-state index in [-0.39, 0.29) is 0 Å². The molecule has 2 atom stereocenters. The minimum Gasteiger partial charge on any atom is -0.507 e. The van der Waals surface area contributed by atoms with Gasteiger partial charge in [0.25, 0.3) is 0 Å². The molecule has 0 heterocycles. The molecule has 3 nitrogen and oxygen atoms in total. The van der Waals surface area contributed by atoms with Gasteiger partial charge in [-0.25, -0.2) is 8.78 Å². The predicted molar refractivity (Wildman–Crippen MR) is 54.3 cm³/mol. The summed E-state index contributed by atoms with van der Waals surface area (Å²) in [4.78, 5) is 0. The quantitative estimate of drug-likeness (QED) is 0.725. The lowest BCUT2D eigenvalue weighted by Crippen LogP contribution is -2.25. The molecular formula is C9H10BrF2NO2. The lowest BCUT2D eigenvalue weighted by Gasteiger charge is -2.17. The van der Waals surface area contributed by atoms with Gasteiger partial charge in [0.2, 0.25) is 0 Å². The molecule has 0 amide bonds. The summed E-state index contributed by atoms with van der Waals surface area (Å²) in [5, 5.41) is 18.8. The van der Waals surface area contributed by atoms with E-state index in [0.717, 1.165) is 0 Å². The van der Waals surface area contributed by atoms with Crippen LogP contribution in [0.15, 0.2) is 10.5 Å². The molecule has 0 aliphatic heterocycles. The summed E-state index contributed by atoms with van der Waals surface area (Å²) in [5.41, 5.74) is 4.95. The monoisotopic (exact) mass is 281 g/mol. The van der Waals surface area contributed by atoms with E-state index in [1.165, 1.54) is 6.92 Å². The molecule has 0 radical (unpaired) electrons. The smallest absolute Gasteiger partial charge is 0.149 e. The molecule has 0 saturated carbocycles. The van der Waals surface area contributed by atoms with Crippen LogP contribution in [0.2, 0.25) is 0 Å². The third kappa shape index (κ3) is 2.27. The minimum absolute atomic E-state index is 0.404. The topological polar surface area (TPSA) is 66.5 Å². The maximum absolute atomic E-state index is 13.5. The van der Waals surface area contributed by atoms with Gasteiger partial charge in [-0.3, -0.25) is 0 Å². The fraction of sp³-hybridized carbons (Fsp3) is 0.333.